The Bertz CT molecular complexity index is 1450. The van der Waals surface area contributed by atoms with E-state index in [-0.39, 0.29) is 16.5 Å². The second-order valence-electron chi connectivity index (χ2n) is 13.5. The van der Waals surface area contributed by atoms with Crippen molar-refractivity contribution in [2.75, 3.05) is 6.61 Å². The molecule has 1 aliphatic heterocycles. The molecule has 0 radical (unpaired) electrons. The fraction of sp³-hybridized carbons (Fsp3) is 0.515. The van der Waals surface area contributed by atoms with Crippen LogP contribution in [-0.4, -0.2) is 45.3 Å². The highest BCUT2D eigenvalue weighted by molar-refractivity contribution is 8.00. The Balaban J connectivity index is 1.79. The van der Waals surface area contributed by atoms with Crippen LogP contribution in [0.5, 0.6) is 5.75 Å². The first-order chi connectivity index (χ1) is 18.9. The Morgan fingerprint density at radius 2 is 1.73 bits per heavy atom. The van der Waals surface area contributed by atoms with Gasteiger partial charge in [0.1, 0.15) is 5.75 Å². The lowest BCUT2D eigenvalue weighted by Gasteiger charge is -2.32. The Labute approximate surface area is 249 Å². The Morgan fingerprint density at radius 3 is 2.34 bits per heavy atom. The van der Waals surface area contributed by atoms with Crippen molar-refractivity contribution in [3.63, 3.8) is 0 Å². The van der Waals surface area contributed by atoms with E-state index in [4.69, 9.17) is 14.0 Å². The third-order valence-corrected chi connectivity index (χ3v) is 9.10. The summed E-state index contributed by atoms with van der Waals surface area (Å²) >= 11 is 1.75. The molecule has 6 nitrogen and oxygen atoms in total. The summed E-state index contributed by atoms with van der Waals surface area (Å²) in [6.07, 6.45) is 8.51. The summed E-state index contributed by atoms with van der Waals surface area (Å²) in [5.41, 5.74) is 5.73. The van der Waals surface area contributed by atoms with Gasteiger partial charge in [0.05, 0.1) is 23.2 Å². The molecule has 1 fully saturated rings. The summed E-state index contributed by atoms with van der Waals surface area (Å²) in [5.74, 6) is -0.00836. The minimum Gasteiger partial charge on any atom is -0.508 e. The molecule has 220 valence electrons. The number of fused-ring (bicyclic) bond motifs is 1. The van der Waals surface area contributed by atoms with Crippen molar-refractivity contribution in [2.45, 2.75) is 103 Å². The fourth-order valence-electron chi connectivity index (χ4n) is 4.91. The zero-order valence-corrected chi connectivity index (χ0v) is 27.0. The van der Waals surface area contributed by atoms with Crippen LogP contribution in [0.25, 0.3) is 10.9 Å². The molecule has 0 amide bonds. The van der Waals surface area contributed by atoms with Gasteiger partial charge < -0.3 is 23.7 Å². The van der Waals surface area contributed by atoms with Crippen molar-refractivity contribution in [3.05, 3.63) is 65.0 Å². The number of aromatic nitrogens is 1. The van der Waals surface area contributed by atoms with E-state index in [2.05, 4.69) is 37.1 Å². The van der Waals surface area contributed by atoms with Crippen LogP contribution in [-0.2, 0) is 31.8 Å². The number of hydrogen-bond acceptors (Lipinski definition) is 6. The fourth-order valence-corrected chi connectivity index (χ4v) is 6.10. The van der Waals surface area contributed by atoms with Crippen LogP contribution in [0.3, 0.4) is 0 Å². The summed E-state index contributed by atoms with van der Waals surface area (Å²) < 4.78 is 20.2. The molecular weight excluding hydrogens is 533 g/mol. The van der Waals surface area contributed by atoms with Crippen LogP contribution >= 0.6 is 11.8 Å². The lowest BCUT2D eigenvalue weighted by molar-refractivity contribution is -0.153. The van der Waals surface area contributed by atoms with Crippen LogP contribution in [0.15, 0.2) is 64.2 Å². The van der Waals surface area contributed by atoms with Crippen molar-refractivity contribution >= 4 is 35.8 Å². The van der Waals surface area contributed by atoms with Crippen LogP contribution in [0.1, 0.15) is 74.9 Å². The van der Waals surface area contributed by atoms with E-state index in [1.165, 1.54) is 0 Å². The molecule has 4 rings (SSSR count). The van der Waals surface area contributed by atoms with Crippen molar-refractivity contribution in [2.24, 2.45) is 5.41 Å². The number of phenolic OH excluding ortho intramolecular Hbond substituents is 1. The van der Waals surface area contributed by atoms with Crippen LogP contribution < -0.4 is 0 Å². The number of thioether (sulfide) groups is 1. The first-order valence-electron chi connectivity index (χ1n) is 14.3. The molecule has 1 aromatic heterocycles. The molecule has 41 heavy (non-hydrogen) atoms. The number of benzene rings is 1. The van der Waals surface area contributed by atoms with E-state index in [1.807, 2.05) is 78.8 Å². The second-order valence-corrected chi connectivity index (χ2v) is 15.3. The maximum Gasteiger partial charge on any atom is 0.495 e. The minimum atomic E-state index is -0.741. The van der Waals surface area contributed by atoms with Gasteiger partial charge in [-0.3, -0.25) is 4.79 Å². The van der Waals surface area contributed by atoms with Gasteiger partial charge >= 0.3 is 13.1 Å². The molecule has 2 aromatic rings. The lowest BCUT2D eigenvalue weighted by Crippen LogP contribution is -2.41. The third kappa shape index (κ3) is 6.72. The Kier molecular flexibility index (Phi) is 8.57. The number of carbonyl (C=O) groups is 1. The predicted octanol–water partition coefficient (Wildman–Crippen LogP) is 7.58. The molecule has 0 spiro atoms. The van der Waals surface area contributed by atoms with E-state index in [0.717, 1.165) is 32.5 Å². The SMILES string of the molecule is CCOC(=O)C(C)(C)Cc1c(SC(C)(C)C)c2cc(O)ccc2n1CC1=CC=C(B2OC(C)(C)C(C)(C)O2)C=C=C1. The van der Waals surface area contributed by atoms with Gasteiger partial charge in [0, 0.05) is 39.2 Å². The summed E-state index contributed by atoms with van der Waals surface area (Å²) in [5, 5.41) is 11.4. The van der Waals surface area contributed by atoms with Gasteiger partial charge in [-0.15, -0.1) is 17.5 Å². The first-order valence-corrected chi connectivity index (χ1v) is 15.1. The van der Waals surface area contributed by atoms with Gasteiger partial charge in [-0.2, -0.15) is 0 Å². The maximum atomic E-state index is 13.0. The van der Waals surface area contributed by atoms with Crippen molar-refractivity contribution in [1.29, 1.82) is 0 Å². The van der Waals surface area contributed by atoms with Gasteiger partial charge in [0.25, 0.3) is 0 Å². The second kappa shape index (κ2) is 11.2. The highest BCUT2D eigenvalue weighted by Crippen LogP contribution is 2.44. The van der Waals surface area contributed by atoms with E-state index < -0.39 is 23.7 Å². The zero-order chi connectivity index (χ0) is 30.4. The maximum absolute atomic E-state index is 13.0. The number of phenols is 1. The zero-order valence-electron chi connectivity index (χ0n) is 26.2. The number of allylic oxidation sites excluding steroid dienone is 5. The lowest BCUT2D eigenvalue weighted by atomic mass is 9.78. The standard InChI is InChI=1S/C33H44BNO5S/c1-11-38-29(37)31(5,6)20-27-28(41-30(2,3)4)25-19-24(36)17-18-26(25)35(27)21-22-13-12-14-23(16-15-22)34-39-32(7,8)33(9,10)40-34/h13-19,36H,11,20-21H2,1-10H3. The van der Waals surface area contributed by atoms with Crippen LogP contribution in [0.4, 0.5) is 0 Å². The number of nitrogens with zero attached hydrogens (tertiary/aromatic N) is 1. The highest BCUT2D eigenvalue weighted by atomic mass is 32.2. The predicted molar refractivity (Wildman–Crippen MR) is 168 cm³/mol. The summed E-state index contributed by atoms with van der Waals surface area (Å²) in [6, 6.07) is 5.51. The molecular formula is C33H44BNO5S. The van der Waals surface area contributed by atoms with E-state index in [9.17, 15) is 9.90 Å². The number of rotatable bonds is 8. The number of esters is 1. The molecule has 0 atom stereocenters. The summed E-state index contributed by atoms with van der Waals surface area (Å²) in [6.45, 7) is 21.3. The summed E-state index contributed by atoms with van der Waals surface area (Å²) in [7, 11) is -0.470. The highest BCUT2D eigenvalue weighted by Gasteiger charge is 2.52. The molecule has 2 heterocycles. The Morgan fingerprint density at radius 1 is 1.07 bits per heavy atom. The van der Waals surface area contributed by atoms with Gasteiger partial charge in [-0.05, 0) is 89.9 Å². The largest absolute Gasteiger partial charge is 0.508 e. The smallest absolute Gasteiger partial charge is 0.495 e. The molecule has 0 bridgehead atoms. The Hall–Kier alpha value is -2.64. The van der Waals surface area contributed by atoms with Crippen molar-refractivity contribution < 1.29 is 23.9 Å². The van der Waals surface area contributed by atoms with E-state index in [1.54, 1.807) is 17.8 Å². The topological polar surface area (TPSA) is 69.9 Å². The quantitative estimate of drug-likeness (QED) is 0.151. The van der Waals surface area contributed by atoms with Crippen LogP contribution in [0.2, 0.25) is 0 Å². The molecule has 0 unspecified atom stereocenters. The molecule has 1 saturated heterocycles. The molecule has 0 saturated carbocycles. The van der Waals surface area contributed by atoms with Gasteiger partial charge in [-0.25, -0.2) is 0 Å². The van der Waals surface area contributed by atoms with E-state index >= 15 is 0 Å². The first kappa shape index (κ1) is 31.3. The third-order valence-electron chi connectivity index (χ3n) is 7.82. The average molecular weight is 578 g/mol. The number of aromatic hydroxyl groups is 1. The molecule has 2 aliphatic rings. The minimum absolute atomic E-state index is 0.0852. The number of hydrogen-bond donors (Lipinski definition) is 1. The average Bonchev–Trinajstić information content (AvgIpc) is 3.09. The normalized spacial score (nSPS) is 18.4. The van der Waals surface area contributed by atoms with Gasteiger partial charge in [0.2, 0.25) is 0 Å². The van der Waals surface area contributed by atoms with Gasteiger partial charge in [0.15, 0.2) is 0 Å². The number of ether oxygens (including phenoxy) is 1. The molecule has 8 heteroatoms. The van der Waals surface area contributed by atoms with Crippen molar-refractivity contribution in [3.8, 4) is 5.75 Å². The van der Waals surface area contributed by atoms with E-state index in [0.29, 0.717) is 19.6 Å². The molecule has 1 aromatic carbocycles. The monoisotopic (exact) mass is 577 g/mol. The number of carbonyl (C=O) groups excluding carboxylic acids is 1. The summed E-state index contributed by atoms with van der Waals surface area (Å²) in [4.78, 5) is 14.1. The molecule has 1 aliphatic carbocycles. The van der Waals surface area contributed by atoms with Crippen LogP contribution in [0, 0.1) is 5.41 Å². The molecule has 1 N–H and O–H groups in total. The van der Waals surface area contributed by atoms with Gasteiger partial charge in [-0.1, -0.05) is 32.9 Å². The van der Waals surface area contributed by atoms with Crippen molar-refractivity contribution in [1.82, 2.24) is 4.57 Å².